The van der Waals surface area contributed by atoms with Crippen molar-refractivity contribution in [3.05, 3.63) is 81.9 Å². The predicted octanol–water partition coefficient (Wildman–Crippen LogP) is 3.74. The Balaban J connectivity index is 1.75. The maximum absolute atomic E-state index is 12.7. The van der Waals surface area contributed by atoms with Gasteiger partial charge in [0.1, 0.15) is 26.2 Å². The molecule has 3 rings (SSSR count). The number of nitrogens with zero attached hydrogens (tertiary/aromatic N) is 2. The van der Waals surface area contributed by atoms with Crippen molar-refractivity contribution < 1.29 is 40.3 Å². The van der Waals surface area contributed by atoms with Gasteiger partial charge >= 0.3 is 0 Å². The van der Waals surface area contributed by atoms with Crippen LogP contribution < -0.4 is 0 Å². The zero-order valence-electron chi connectivity index (χ0n) is 20.9. The largest absolute Gasteiger partial charge is 0.508 e. The highest BCUT2D eigenvalue weighted by Gasteiger charge is 2.23. The molecule has 0 aromatic heterocycles. The average Bonchev–Trinajstić information content (AvgIpc) is 2.86. The van der Waals surface area contributed by atoms with Crippen molar-refractivity contribution in [1.29, 1.82) is 0 Å². The van der Waals surface area contributed by atoms with Gasteiger partial charge in [-0.1, -0.05) is 24.3 Å². The average molecular weight is 599 g/mol. The van der Waals surface area contributed by atoms with E-state index in [0.717, 1.165) is 24.1 Å². The normalized spacial score (nSPS) is 12.1. The van der Waals surface area contributed by atoms with E-state index in [-0.39, 0.29) is 58.2 Å². The summed E-state index contributed by atoms with van der Waals surface area (Å²) in [5.74, 6) is -0.506. The van der Waals surface area contributed by atoms with Crippen LogP contribution in [0.15, 0.2) is 75.4 Å². The molecule has 0 aliphatic carbocycles. The Hall–Kier alpha value is -3.21. The second-order valence-electron chi connectivity index (χ2n) is 8.20. The van der Waals surface area contributed by atoms with Crippen molar-refractivity contribution in [3.8, 4) is 11.5 Å². The maximum Gasteiger partial charge on any atom is 0.297 e. The highest BCUT2D eigenvalue weighted by Crippen LogP contribution is 2.31. The molecule has 2 N–H and O–H groups in total. The standard InChI is InChI=1S/C24H26N2O10S3/c1-17-7-9-19(27)15-23(17)38(31,32)35-13-11-25(37-22-6-4-3-5-21(22)26(29)30)12-14-36-39(33,34)24-16-20(28)10-8-18(24)2/h3-10,15-16,27-28H,11-14H2,1-2H3. The van der Waals surface area contributed by atoms with Crippen LogP contribution >= 0.6 is 11.9 Å². The van der Waals surface area contributed by atoms with Crippen molar-refractivity contribution in [2.45, 2.75) is 28.5 Å². The first-order valence-electron chi connectivity index (χ1n) is 11.3. The maximum atomic E-state index is 12.7. The van der Waals surface area contributed by atoms with Gasteiger partial charge < -0.3 is 10.2 Å². The van der Waals surface area contributed by atoms with Gasteiger partial charge in [-0.15, -0.1) is 0 Å². The Labute approximate surface area is 230 Å². The summed E-state index contributed by atoms with van der Waals surface area (Å²) in [4.78, 5) is 10.7. The first kappa shape index (κ1) is 30.3. The lowest BCUT2D eigenvalue weighted by Gasteiger charge is -2.21. The molecule has 12 nitrogen and oxygen atoms in total. The zero-order valence-corrected chi connectivity index (χ0v) is 23.3. The molecule has 15 heteroatoms. The molecule has 0 unspecified atom stereocenters. The van der Waals surface area contributed by atoms with Crippen LogP contribution in [0.4, 0.5) is 5.69 Å². The predicted molar refractivity (Wildman–Crippen MR) is 142 cm³/mol. The highest BCUT2D eigenvalue weighted by molar-refractivity contribution is 7.97. The lowest BCUT2D eigenvalue weighted by atomic mass is 10.2. The summed E-state index contributed by atoms with van der Waals surface area (Å²) in [7, 11) is -8.49. The van der Waals surface area contributed by atoms with E-state index in [1.165, 1.54) is 46.8 Å². The second-order valence-corrected chi connectivity index (χ2v) is 12.5. The molecule has 0 aliphatic heterocycles. The molecular formula is C24H26N2O10S3. The van der Waals surface area contributed by atoms with Crippen LogP contribution in [0, 0.1) is 24.0 Å². The molecule has 0 bridgehead atoms. The number of benzene rings is 3. The summed E-state index contributed by atoms with van der Waals surface area (Å²) in [6, 6.07) is 13.5. The van der Waals surface area contributed by atoms with Gasteiger partial charge in [0.2, 0.25) is 0 Å². The van der Waals surface area contributed by atoms with Gasteiger partial charge in [-0.05, 0) is 55.1 Å². The third-order valence-electron chi connectivity index (χ3n) is 5.33. The smallest absolute Gasteiger partial charge is 0.297 e. The van der Waals surface area contributed by atoms with Crippen LogP contribution in [0.5, 0.6) is 11.5 Å². The number of rotatable bonds is 13. The van der Waals surface area contributed by atoms with Gasteiger partial charge in [0.05, 0.1) is 18.1 Å². The number of phenols is 2. The van der Waals surface area contributed by atoms with Crippen LogP contribution in [0.3, 0.4) is 0 Å². The summed E-state index contributed by atoms with van der Waals surface area (Å²) in [6.07, 6.45) is 0. The molecule has 0 radical (unpaired) electrons. The first-order valence-corrected chi connectivity index (χ1v) is 14.9. The third kappa shape index (κ3) is 8.14. The number of phenolic OH excluding ortho intramolecular Hbond substituents is 2. The van der Waals surface area contributed by atoms with E-state index >= 15 is 0 Å². The van der Waals surface area contributed by atoms with Crippen molar-refractivity contribution in [2.24, 2.45) is 0 Å². The lowest BCUT2D eigenvalue weighted by Crippen LogP contribution is -2.27. The van der Waals surface area contributed by atoms with E-state index in [1.54, 1.807) is 19.9 Å². The molecule has 0 saturated heterocycles. The van der Waals surface area contributed by atoms with Gasteiger partial charge in [-0.3, -0.25) is 18.5 Å². The molecule has 0 atom stereocenters. The molecule has 0 aliphatic rings. The molecule has 0 heterocycles. The number of nitro benzene ring substituents is 1. The summed E-state index contributed by atoms with van der Waals surface area (Å²) in [5.41, 5.74) is 0.528. The van der Waals surface area contributed by atoms with E-state index in [0.29, 0.717) is 11.1 Å². The second kappa shape index (κ2) is 12.8. The Bertz CT molecular complexity index is 1470. The minimum absolute atomic E-state index is 0.0949. The monoisotopic (exact) mass is 598 g/mol. The summed E-state index contributed by atoms with van der Waals surface area (Å²) >= 11 is 0.910. The number of hydrogen-bond acceptors (Lipinski definition) is 12. The molecule has 0 amide bonds. The Morgan fingerprint density at radius 3 is 1.74 bits per heavy atom. The molecule has 39 heavy (non-hydrogen) atoms. The van der Waals surface area contributed by atoms with Gasteiger partial charge in [-0.25, -0.2) is 4.31 Å². The number of hydrogen-bond donors (Lipinski definition) is 2. The van der Waals surface area contributed by atoms with E-state index in [1.807, 2.05) is 0 Å². The topological polar surface area (TPSA) is 174 Å². The molecule has 0 fully saturated rings. The van der Waals surface area contributed by atoms with Gasteiger partial charge in [0.15, 0.2) is 0 Å². The van der Waals surface area contributed by atoms with Crippen molar-refractivity contribution in [2.75, 3.05) is 26.3 Å². The number of aryl methyl sites for hydroxylation is 2. The SMILES string of the molecule is Cc1ccc(O)cc1S(=O)(=O)OCCN(CCOS(=O)(=O)c1cc(O)ccc1C)Sc1ccccc1[N+](=O)[O-]. The minimum atomic E-state index is -4.25. The van der Waals surface area contributed by atoms with E-state index in [2.05, 4.69) is 0 Å². The van der Waals surface area contributed by atoms with Crippen molar-refractivity contribution in [1.82, 2.24) is 4.31 Å². The minimum Gasteiger partial charge on any atom is -0.508 e. The fraction of sp³-hybridized carbons (Fsp3) is 0.250. The number of nitro groups is 1. The van der Waals surface area contributed by atoms with Gasteiger partial charge in [0.25, 0.3) is 25.9 Å². The molecule has 0 saturated carbocycles. The van der Waals surface area contributed by atoms with Crippen molar-refractivity contribution >= 4 is 37.9 Å². The fourth-order valence-corrected chi connectivity index (χ4v) is 6.65. The summed E-state index contributed by atoms with van der Waals surface area (Å²) in [5, 5.41) is 30.8. The van der Waals surface area contributed by atoms with Gasteiger partial charge in [-0.2, -0.15) is 16.8 Å². The van der Waals surface area contributed by atoms with Crippen LogP contribution in [0.1, 0.15) is 11.1 Å². The number of aromatic hydroxyl groups is 2. The molecule has 210 valence electrons. The van der Waals surface area contributed by atoms with Crippen LogP contribution in [0.25, 0.3) is 0 Å². The fourth-order valence-electron chi connectivity index (χ4n) is 3.37. The third-order valence-corrected chi connectivity index (χ3v) is 9.41. The van der Waals surface area contributed by atoms with Crippen LogP contribution in [-0.4, -0.2) is 62.6 Å². The zero-order chi connectivity index (χ0) is 28.8. The lowest BCUT2D eigenvalue weighted by molar-refractivity contribution is -0.387. The van der Waals surface area contributed by atoms with E-state index < -0.39 is 25.2 Å². The Morgan fingerprint density at radius 2 is 1.28 bits per heavy atom. The number of para-hydroxylation sites is 1. The Morgan fingerprint density at radius 1 is 0.821 bits per heavy atom. The van der Waals surface area contributed by atoms with Crippen LogP contribution in [0.2, 0.25) is 0 Å². The summed E-state index contributed by atoms with van der Waals surface area (Å²) in [6.45, 7) is 2.12. The molecular weight excluding hydrogens is 572 g/mol. The first-order chi connectivity index (χ1) is 18.3. The summed E-state index contributed by atoms with van der Waals surface area (Å²) < 4.78 is 62.4. The van der Waals surface area contributed by atoms with Crippen LogP contribution in [-0.2, 0) is 28.6 Å². The quantitative estimate of drug-likeness (QED) is 0.126. The Kier molecular flexibility index (Phi) is 9.93. The highest BCUT2D eigenvalue weighted by atomic mass is 32.2. The van der Waals surface area contributed by atoms with E-state index in [9.17, 15) is 37.2 Å². The van der Waals surface area contributed by atoms with Crippen molar-refractivity contribution in [3.63, 3.8) is 0 Å². The van der Waals surface area contributed by atoms with E-state index in [4.69, 9.17) is 8.37 Å². The molecule has 0 spiro atoms. The molecule has 3 aromatic carbocycles. The molecule has 3 aromatic rings. The van der Waals surface area contributed by atoms with Gasteiger partial charge in [0, 0.05) is 31.3 Å².